The number of anilines is 1. The van der Waals surface area contributed by atoms with Gasteiger partial charge in [0.05, 0.1) is 22.2 Å². The lowest BCUT2D eigenvalue weighted by molar-refractivity contribution is -0.384. The van der Waals surface area contributed by atoms with Crippen LogP contribution in [0.4, 0.5) is 11.4 Å². The summed E-state index contributed by atoms with van der Waals surface area (Å²) in [7, 11) is 0. The van der Waals surface area contributed by atoms with E-state index >= 15 is 0 Å². The lowest BCUT2D eigenvalue weighted by atomic mass is 10.1. The summed E-state index contributed by atoms with van der Waals surface area (Å²) in [6, 6.07) is 3.44. The van der Waals surface area contributed by atoms with Gasteiger partial charge in [-0.15, -0.1) is 11.3 Å². The molecule has 20 heavy (non-hydrogen) atoms. The van der Waals surface area contributed by atoms with Crippen LogP contribution in [0.1, 0.15) is 26.7 Å². The summed E-state index contributed by atoms with van der Waals surface area (Å²) in [5.41, 5.74) is 3.62. The first-order valence-electron chi connectivity index (χ1n) is 6.31. The van der Waals surface area contributed by atoms with Gasteiger partial charge in [-0.3, -0.25) is 10.1 Å². The molecular formula is C14H17N3O2S. The number of nitro benzene ring substituents is 1. The van der Waals surface area contributed by atoms with E-state index in [9.17, 15) is 10.1 Å². The van der Waals surface area contributed by atoms with Crippen LogP contribution in [0.15, 0.2) is 12.1 Å². The fraction of sp³-hybridized carbons (Fsp3) is 0.357. The van der Waals surface area contributed by atoms with Crippen molar-refractivity contribution in [3.63, 3.8) is 0 Å². The van der Waals surface area contributed by atoms with Crippen LogP contribution in [0.2, 0.25) is 0 Å². The van der Waals surface area contributed by atoms with Crippen molar-refractivity contribution in [1.82, 2.24) is 4.98 Å². The number of hydrogen-bond acceptors (Lipinski definition) is 5. The largest absolute Gasteiger partial charge is 0.375 e. The number of aryl methyl sites for hydroxylation is 4. The van der Waals surface area contributed by atoms with Crippen molar-refractivity contribution < 1.29 is 4.92 Å². The van der Waals surface area contributed by atoms with Crippen molar-refractivity contribution in [3.05, 3.63) is 49.0 Å². The minimum atomic E-state index is -0.348. The van der Waals surface area contributed by atoms with Crippen molar-refractivity contribution in [1.29, 1.82) is 0 Å². The highest BCUT2D eigenvalue weighted by Crippen LogP contribution is 2.29. The molecule has 1 heterocycles. The average molecular weight is 291 g/mol. The molecule has 0 fully saturated rings. The van der Waals surface area contributed by atoms with Gasteiger partial charge in [0.1, 0.15) is 5.69 Å². The summed E-state index contributed by atoms with van der Waals surface area (Å²) in [5, 5.41) is 15.3. The van der Waals surface area contributed by atoms with E-state index in [1.165, 1.54) is 0 Å². The Morgan fingerprint density at radius 1 is 1.25 bits per heavy atom. The van der Waals surface area contributed by atoms with Crippen LogP contribution < -0.4 is 5.32 Å². The third kappa shape index (κ3) is 2.96. The molecule has 2 aromatic rings. The molecule has 5 nitrogen and oxygen atoms in total. The highest BCUT2D eigenvalue weighted by atomic mass is 32.1. The lowest BCUT2D eigenvalue weighted by Crippen LogP contribution is -2.03. The zero-order valence-corrected chi connectivity index (χ0v) is 12.8. The summed E-state index contributed by atoms with van der Waals surface area (Å²) < 4.78 is 0. The molecule has 0 bridgehead atoms. The lowest BCUT2D eigenvalue weighted by Gasteiger charge is -2.09. The van der Waals surface area contributed by atoms with Gasteiger partial charge >= 0.3 is 0 Å². The maximum absolute atomic E-state index is 11.1. The van der Waals surface area contributed by atoms with Crippen LogP contribution in [0.3, 0.4) is 0 Å². The molecule has 1 N–H and O–H groups in total. The van der Waals surface area contributed by atoms with Crippen molar-refractivity contribution in [2.45, 2.75) is 34.2 Å². The topological polar surface area (TPSA) is 68.1 Å². The third-order valence-electron chi connectivity index (χ3n) is 3.25. The first-order valence-corrected chi connectivity index (χ1v) is 7.12. The van der Waals surface area contributed by atoms with Gasteiger partial charge in [0, 0.05) is 10.9 Å². The van der Waals surface area contributed by atoms with Crippen LogP contribution in [0, 0.1) is 37.8 Å². The normalized spacial score (nSPS) is 10.6. The molecule has 6 heteroatoms. The van der Waals surface area contributed by atoms with Crippen LogP contribution in [-0.4, -0.2) is 9.91 Å². The molecule has 0 saturated heterocycles. The molecule has 1 aromatic heterocycles. The van der Waals surface area contributed by atoms with Crippen LogP contribution in [0.25, 0.3) is 0 Å². The quantitative estimate of drug-likeness (QED) is 0.685. The summed E-state index contributed by atoms with van der Waals surface area (Å²) in [6.07, 6.45) is 0. The third-order valence-corrected chi connectivity index (χ3v) is 4.32. The fourth-order valence-corrected chi connectivity index (χ4v) is 2.88. The smallest absolute Gasteiger partial charge is 0.292 e. The van der Waals surface area contributed by atoms with E-state index in [1.807, 2.05) is 33.8 Å². The van der Waals surface area contributed by atoms with E-state index in [0.29, 0.717) is 12.2 Å². The SMILES string of the molecule is Cc1nc(C)c(CNc2cc(C)c(C)cc2[N+](=O)[O-])s1. The standard InChI is InChI=1S/C14H17N3O2S/c1-8-5-12(13(17(18)19)6-9(8)2)15-7-14-10(3)16-11(4)20-14/h5-6,15H,7H2,1-4H3. The molecular weight excluding hydrogens is 274 g/mol. The summed E-state index contributed by atoms with van der Waals surface area (Å²) in [4.78, 5) is 16.2. The Balaban J connectivity index is 2.27. The minimum absolute atomic E-state index is 0.118. The van der Waals surface area contributed by atoms with Crippen molar-refractivity contribution in [3.8, 4) is 0 Å². The second-order valence-corrected chi connectivity index (χ2v) is 6.09. The number of nitrogens with one attached hydrogen (secondary N) is 1. The number of thiazole rings is 1. The predicted molar refractivity (Wildman–Crippen MR) is 81.5 cm³/mol. The van der Waals surface area contributed by atoms with Gasteiger partial charge in [-0.1, -0.05) is 0 Å². The number of rotatable bonds is 4. The predicted octanol–water partition coefficient (Wildman–Crippen LogP) is 3.90. The number of aromatic nitrogens is 1. The van der Waals surface area contributed by atoms with Gasteiger partial charge in [0.15, 0.2) is 0 Å². The van der Waals surface area contributed by atoms with E-state index in [4.69, 9.17) is 0 Å². The van der Waals surface area contributed by atoms with Gasteiger partial charge in [-0.2, -0.15) is 0 Å². The summed E-state index contributed by atoms with van der Waals surface area (Å²) in [5.74, 6) is 0. The van der Waals surface area contributed by atoms with Gasteiger partial charge in [-0.05, 0) is 44.9 Å². The van der Waals surface area contributed by atoms with Crippen LogP contribution in [0.5, 0.6) is 0 Å². The first-order chi connectivity index (χ1) is 9.38. The van der Waals surface area contributed by atoms with Gasteiger partial charge < -0.3 is 5.32 Å². The molecule has 106 valence electrons. The average Bonchev–Trinajstić information content (AvgIpc) is 2.68. The Kier molecular flexibility index (Phi) is 4.04. The molecule has 0 aliphatic heterocycles. The second-order valence-electron chi connectivity index (χ2n) is 4.81. The Morgan fingerprint density at radius 2 is 1.90 bits per heavy atom. The van der Waals surface area contributed by atoms with E-state index in [2.05, 4.69) is 10.3 Å². The van der Waals surface area contributed by atoms with E-state index < -0.39 is 0 Å². The van der Waals surface area contributed by atoms with Crippen LogP contribution >= 0.6 is 11.3 Å². The number of hydrogen-bond donors (Lipinski definition) is 1. The molecule has 1 aromatic carbocycles. The molecule has 0 radical (unpaired) electrons. The molecule has 0 amide bonds. The summed E-state index contributed by atoms with van der Waals surface area (Å²) in [6.45, 7) is 8.30. The fourth-order valence-electron chi connectivity index (χ4n) is 2.01. The number of nitro groups is 1. The molecule has 0 aliphatic carbocycles. The first kappa shape index (κ1) is 14.5. The monoisotopic (exact) mass is 291 g/mol. The Morgan fingerprint density at radius 3 is 2.45 bits per heavy atom. The Bertz CT molecular complexity index is 665. The molecule has 0 spiro atoms. The van der Waals surface area contributed by atoms with E-state index in [-0.39, 0.29) is 10.6 Å². The van der Waals surface area contributed by atoms with E-state index in [1.54, 1.807) is 17.4 Å². The highest BCUT2D eigenvalue weighted by molar-refractivity contribution is 7.11. The Labute approximate surface area is 121 Å². The Hall–Kier alpha value is -1.95. The van der Waals surface area contributed by atoms with E-state index in [0.717, 1.165) is 26.7 Å². The zero-order valence-electron chi connectivity index (χ0n) is 12.0. The molecule has 0 atom stereocenters. The van der Waals surface area contributed by atoms with Crippen molar-refractivity contribution in [2.75, 3.05) is 5.32 Å². The molecule has 2 rings (SSSR count). The van der Waals surface area contributed by atoms with Crippen molar-refractivity contribution in [2.24, 2.45) is 0 Å². The molecule has 0 aliphatic rings. The van der Waals surface area contributed by atoms with Gasteiger partial charge in [0.25, 0.3) is 5.69 Å². The zero-order chi connectivity index (χ0) is 14.9. The second kappa shape index (κ2) is 5.58. The minimum Gasteiger partial charge on any atom is -0.375 e. The summed E-state index contributed by atoms with van der Waals surface area (Å²) >= 11 is 1.61. The van der Waals surface area contributed by atoms with Gasteiger partial charge in [-0.25, -0.2) is 4.98 Å². The maximum atomic E-state index is 11.1. The molecule has 0 unspecified atom stereocenters. The highest BCUT2D eigenvalue weighted by Gasteiger charge is 2.16. The van der Waals surface area contributed by atoms with Crippen molar-refractivity contribution >= 4 is 22.7 Å². The van der Waals surface area contributed by atoms with Gasteiger partial charge in [0.2, 0.25) is 0 Å². The molecule has 0 saturated carbocycles. The van der Waals surface area contributed by atoms with Crippen LogP contribution in [-0.2, 0) is 6.54 Å². The number of nitrogens with zero attached hydrogens (tertiary/aromatic N) is 2. The number of benzene rings is 1. The maximum Gasteiger partial charge on any atom is 0.292 e.